The molecule has 0 radical (unpaired) electrons. The van der Waals surface area contributed by atoms with Crippen LogP contribution >= 0.6 is 0 Å². The van der Waals surface area contributed by atoms with Crippen molar-refractivity contribution in [2.24, 2.45) is 0 Å². The number of nitro benzene ring substituents is 1. The van der Waals surface area contributed by atoms with E-state index in [4.69, 9.17) is 9.47 Å². The monoisotopic (exact) mass is 455 g/mol. The van der Waals surface area contributed by atoms with E-state index >= 15 is 0 Å². The van der Waals surface area contributed by atoms with E-state index in [1.807, 2.05) is 30.3 Å². The molecule has 9 nitrogen and oxygen atoms in total. The summed E-state index contributed by atoms with van der Waals surface area (Å²) in [5.41, 5.74) is -0.704. The quantitative estimate of drug-likeness (QED) is 0.485. The molecule has 0 N–H and O–H groups in total. The largest absolute Gasteiger partial charge is 0.482 e. The number of amides is 2. The standard InChI is InChI=1S/C24H29N3O6/c1-23(2,3)33-22(29)26-14-13-25(21(28)24(26,4)5)18-11-12-19(27(30)31)20(15-18)32-16-17-9-7-6-8-10-17/h6-12,15H,13-14,16H2,1-5H3. The van der Waals surface area contributed by atoms with Gasteiger partial charge in [0.25, 0.3) is 5.91 Å². The fourth-order valence-electron chi connectivity index (χ4n) is 3.58. The van der Waals surface area contributed by atoms with Crippen molar-refractivity contribution in [3.8, 4) is 5.75 Å². The van der Waals surface area contributed by atoms with Crippen LogP contribution < -0.4 is 9.64 Å². The van der Waals surface area contributed by atoms with Gasteiger partial charge in [-0.05, 0) is 46.2 Å². The van der Waals surface area contributed by atoms with E-state index in [0.29, 0.717) is 5.69 Å². The van der Waals surface area contributed by atoms with Gasteiger partial charge in [-0.25, -0.2) is 4.79 Å². The van der Waals surface area contributed by atoms with Gasteiger partial charge in [-0.3, -0.25) is 19.8 Å². The van der Waals surface area contributed by atoms with Crippen LogP contribution in [-0.2, 0) is 16.1 Å². The molecule has 3 rings (SSSR count). The number of hydrogen-bond acceptors (Lipinski definition) is 6. The van der Waals surface area contributed by atoms with Crippen LogP contribution in [0.25, 0.3) is 0 Å². The average molecular weight is 456 g/mol. The summed E-state index contributed by atoms with van der Waals surface area (Å²) in [7, 11) is 0. The molecule has 0 aliphatic carbocycles. The van der Waals surface area contributed by atoms with Gasteiger partial charge >= 0.3 is 11.8 Å². The number of carbonyl (C=O) groups excluding carboxylic acids is 2. The fraction of sp³-hybridized carbons (Fsp3) is 0.417. The third kappa shape index (κ3) is 5.42. The van der Waals surface area contributed by atoms with Crippen LogP contribution in [0.3, 0.4) is 0 Å². The molecule has 1 aliphatic heterocycles. The highest BCUT2D eigenvalue weighted by Gasteiger charge is 2.46. The van der Waals surface area contributed by atoms with Crippen LogP contribution in [0.15, 0.2) is 48.5 Å². The summed E-state index contributed by atoms with van der Waals surface area (Å²) < 4.78 is 11.2. The van der Waals surface area contributed by atoms with Crippen LogP contribution in [0.4, 0.5) is 16.2 Å². The minimum Gasteiger partial charge on any atom is -0.482 e. The zero-order chi connectivity index (χ0) is 24.4. The Morgan fingerprint density at radius 2 is 1.79 bits per heavy atom. The lowest BCUT2D eigenvalue weighted by Gasteiger charge is -2.45. The predicted molar refractivity (Wildman–Crippen MR) is 123 cm³/mol. The molecule has 1 saturated heterocycles. The first-order valence-electron chi connectivity index (χ1n) is 10.7. The topological polar surface area (TPSA) is 102 Å². The van der Waals surface area contributed by atoms with Crippen molar-refractivity contribution in [3.63, 3.8) is 0 Å². The van der Waals surface area contributed by atoms with Gasteiger partial charge in [0.1, 0.15) is 17.7 Å². The second-order valence-corrected chi connectivity index (χ2v) is 9.33. The van der Waals surface area contributed by atoms with E-state index in [0.717, 1.165) is 5.56 Å². The zero-order valence-electron chi connectivity index (χ0n) is 19.5. The van der Waals surface area contributed by atoms with E-state index in [2.05, 4.69) is 0 Å². The Morgan fingerprint density at radius 1 is 1.12 bits per heavy atom. The van der Waals surface area contributed by atoms with Gasteiger partial charge < -0.3 is 14.4 Å². The Kier molecular flexibility index (Phi) is 6.62. The Bertz CT molecular complexity index is 1050. The lowest BCUT2D eigenvalue weighted by molar-refractivity contribution is -0.385. The second-order valence-electron chi connectivity index (χ2n) is 9.33. The van der Waals surface area contributed by atoms with Gasteiger partial charge in [0, 0.05) is 30.9 Å². The summed E-state index contributed by atoms with van der Waals surface area (Å²) in [6.45, 7) is 9.24. The Hall–Kier alpha value is -3.62. The molecule has 176 valence electrons. The van der Waals surface area contributed by atoms with Crippen molar-refractivity contribution >= 4 is 23.4 Å². The number of nitro groups is 1. The highest BCUT2D eigenvalue weighted by Crippen LogP contribution is 2.35. The van der Waals surface area contributed by atoms with E-state index in [9.17, 15) is 19.7 Å². The molecular formula is C24H29N3O6. The van der Waals surface area contributed by atoms with Crippen LogP contribution in [0.1, 0.15) is 40.2 Å². The van der Waals surface area contributed by atoms with E-state index < -0.39 is 22.2 Å². The van der Waals surface area contributed by atoms with E-state index in [-0.39, 0.29) is 37.0 Å². The molecule has 1 fully saturated rings. The third-order valence-electron chi connectivity index (χ3n) is 5.29. The molecule has 2 aromatic carbocycles. The first-order chi connectivity index (χ1) is 15.4. The van der Waals surface area contributed by atoms with Crippen LogP contribution in [0.5, 0.6) is 5.75 Å². The average Bonchev–Trinajstić information content (AvgIpc) is 2.73. The smallest absolute Gasteiger partial charge is 0.411 e. The van der Waals surface area contributed by atoms with Gasteiger partial charge in [-0.1, -0.05) is 30.3 Å². The molecule has 0 unspecified atom stereocenters. The Balaban J connectivity index is 1.85. The number of benzene rings is 2. The lowest BCUT2D eigenvalue weighted by Crippen LogP contribution is -2.65. The van der Waals surface area contributed by atoms with Crippen LogP contribution in [0.2, 0.25) is 0 Å². The third-order valence-corrected chi connectivity index (χ3v) is 5.29. The summed E-state index contributed by atoms with van der Waals surface area (Å²) in [6, 6.07) is 13.6. The zero-order valence-corrected chi connectivity index (χ0v) is 19.5. The fourth-order valence-corrected chi connectivity index (χ4v) is 3.58. The molecule has 0 saturated carbocycles. The number of carbonyl (C=O) groups is 2. The molecule has 1 aliphatic rings. The molecule has 33 heavy (non-hydrogen) atoms. The maximum Gasteiger partial charge on any atom is 0.411 e. The Labute approximate surface area is 193 Å². The van der Waals surface area contributed by atoms with Gasteiger partial charge in [-0.15, -0.1) is 0 Å². The van der Waals surface area contributed by atoms with Gasteiger partial charge in [0.15, 0.2) is 5.75 Å². The predicted octanol–water partition coefficient (Wildman–Crippen LogP) is 4.54. The highest BCUT2D eigenvalue weighted by atomic mass is 16.6. The van der Waals surface area contributed by atoms with Gasteiger partial charge in [0.2, 0.25) is 0 Å². The molecule has 0 spiro atoms. The molecular weight excluding hydrogens is 426 g/mol. The summed E-state index contributed by atoms with van der Waals surface area (Å²) >= 11 is 0. The maximum absolute atomic E-state index is 13.3. The summed E-state index contributed by atoms with van der Waals surface area (Å²) in [6.07, 6.45) is -0.559. The normalized spacial score (nSPS) is 15.8. The number of anilines is 1. The van der Waals surface area contributed by atoms with Crippen molar-refractivity contribution in [2.45, 2.75) is 52.4 Å². The lowest BCUT2D eigenvalue weighted by atomic mass is 9.97. The van der Waals surface area contributed by atoms with Crippen LogP contribution in [0, 0.1) is 10.1 Å². The molecule has 9 heteroatoms. The van der Waals surface area contributed by atoms with Crippen molar-refractivity contribution in [2.75, 3.05) is 18.0 Å². The number of nitrogens with zero attached hydrogens (tertiary/aromatic N) is 3. The Morgan fingerprint density at radius 3 is 2.39 bits per heavy atom. The molecule has 0 aromatic heterocycles. The van der Waals surface area contributed by atoms with E-state index in [1.54, 1.807) is 34.6 Å². The summed E-state index contributed by atoms with van der Waals surface area (Å²) in [5, 5.41) is 11.5. The minimum atomic E-state index is -1.16. The molecule has 2 aromatic rings. The number of hydrogen-bond donors (Lipinski definition) is 0. The molecule has 0 bridgehead atoms. The van der Waals surface area contributed by atoms with Crippen LogP contribution in [-0.4, -0.2) is 46.1 Å². The van der Waals surface area contributed by atoms with E-state index in [1.165, 1.54) is 28.0 Å². The number of rotatable bonds is 5. The number of piperazine rings is 1. The first-order valence-corrected chi connectivity index (χ1v) is 10.7. The van der Waals surface area contributed by atoms with Crippen molar-refractivity contribution in [1.29, 1.82) is 0 Å². The second kappa shape index (κ2) is 9.09. The van der Waals surface area contributed by atoms with Crippen molar-refractivity contribution in [1.82, 2.24) is 4.90 Å². The SMILES string of the molecule is CC(C)(C)OC(=O)N1CCN(c2ccc([N+](=O)[O-])c(OCc3ccccc3)c2)C(=O)C1(C)C. The molecule has 0 atom stereocenters. The highest BCUT2D eigenvalue weighted by molar-refractivity contribution is 6.02. The van der Waals surface area contributed by atoms with Crippen molar-refractivity contribution < 1.29 is 24.0 Å². The molecule has 1 heterocycles. The summed E-state index contributed by atoms with van der Waals surface area (Å²) in [5.74, 6) is -0.246. The maximum atomic E-state index is 13.3. The van der Waals surface area contributed by atoms with Gasteiger partial charge in [0.05, 0.1) is 4.92 Å². The number of ether oxygens (including phenoxy) is 2. The van der Waals surface area contributed by atoms with Gasteiger partial charge in [-0.2, -0.15) is 0 Å². The first kappa shape index (κ1) is 24.0. The molecule has 2 amide bonds. The van der Waals surface area contributed by atoms with Crippen molar-refractivity contribution in [3.05, 3.63) is 64.2 Å². The summed E-state index contributed by atoms with van der Waals surface area (Å²) in [4.78, 5) is 39.9. The minimum absolute atomic E-state index is 0.0709.